The van der Waals surface area contributed by atoms with Crippen molar-refractivity contribution in [1.29, 1.82) is 0 Å². The van der Waals surface area contributed by atoms with Crippen molar-refractivity contribution in [3.8, 4) is 0 Å². The highest BCUT2D eigenvalue weighted by atomic mass is 32.2. The van der Waals surface area contributed by atoms with Gasteiger partial charge in [0.15, 0.2) is 0 Å². The molecule has 0 aliphatic carbocycles. The minimum absolute atomic E-state index is 0.163. The summed E-state index contributed by atoms with van der Waals surface area (Å²) < 4.78 is 1.46. The van der Waals surface area contributed by atoms with Crippen LogP contribution in [-0.4, -0.2) is 32.6 Å². The van der Waals surface area contributed by atoms with Crippen LogP contribution in [-0.2, 0) is 5.75 Å². The molecule has 0 saturated heterocycles. The third kappa shape index (κ3) is 4.77. The van der Waals surface area contributed by atoms with E-state index in [0.29, 0.717) is 34.6 Å². The van der Waals surface area contributed by atoms with Crippen LogP contribution in [0.1, 0.15) is 41.3 Å². The van der Waals surface area contributed by atoms with Gasteiger partial charge >= 0.3 is 0 Å². The molecule has 1 aromatic carbocycles. The van der Waals surface area contributed by atoms with Crippen molar-refractivity contribution in [2.75, 3.05) is 12.3 Å². The molecule has 0 saturated carbocycles. The molecule has 0 aliphatic rings. The first-order valence-corrected chi connectivity index (χ1v) is 11.4. The summed E-state index contributed by atoms with van der Waals surface area (Å²) in [5.41, 5.74) is 3.71. The van der Waals surface area contributed by atoms with Crippen LogP contribution in [0.25, 0.3) is 16.6 Å². The molecule has 1 amide bonds. The van der Waals surface area contributed by atoms with Gasteiger partial charge in [0.1, 0.15) is 5.65 Å². The van der Waals surface area contributed by atoms with Gasteiger partial charge in [0.2, 0.25) is 0 Å². The molecule has 0 bridgehead atoms. The molecule has 3 heterocycles. The first-order valence-electron chi connectivity index (χ1n) is 10.2. The third-order valence-corrected chi connectivity index (χ3v) is 6.11. The molecule has 0 aliphatic heterocycles. The summed E-state index contributed by atoms with van der Waals surface area (Å²) >= 11 is 1.73. The Morgan fingerprint density at radius 2 is 2.06 bits per heavy atom. The van der Waals surface area contributed by atoms with Crippen molar-refractivity contribution in [2.24, 2.45) is 0 Å². The largest absolute Gasteiger partial charge is 0.351 e. The summed E-state index contributed by atoms with van der Waals surface area (Å²) in [6.07, 6.45) is 5.18. The Morgan fingerprint density at radius 3 is 2.84 bits per heavy atom. The normalized spacial score (nSPS) is 11.3. The number of carbonyl (C=O) groups excluding carboxylic acids is 1. The average molecular weight is 433 g/mol. The van der Waals surface area contributed by atoms with E-state index in [1.807, 2.05) is 36.5 Å². The number of benzene rings is 1. The molecule has 0 radical (unpaired) electrons. The lowest BCUT2D eigenvalue weighted by molar-refractivity contribution is 0.0955. The predicted molar refractivity (Wildman–Crippen MR) is 126 cm³/mol. The molecule has 4 aromatic rings. The molecule has 158 valence electrons. The number of aromatic nitrogens is 3. The number of pyridine rings is 2. The van der Waals surface area contributed by atoms with Crippen molar-refractivity contribution < 1.29 is 4.79 Å². The van der Waals surface area contributed by atoms with Crippen molar-refractivity contribution in [3.63, 3.8) is 0 Å². The molecule has 0 spiro atoms. The van der Waals surface area contributed by atoms with Crippen molar-refractivity contribution in [1.82, 2.24) is 19.7 Å². The highest BCUT2D eigenvalue weighted by Crippen LogP contribution is 2.19. The number of hydrogen-bond donors (Lipinski definition) is 1. The minimum Gasteiger partial charge on any atom is -0.351 e. The maximum Gasteiger partial charge on any atom is 0.265 e. The molecule has 4 rings (SSSR count). The van der Waals surface area contributed by atoms with Crippen molar-refractivity contribution in [2.45, 2.75) is 25.5 Å². The molecule has 0 atom stereocenters. The standard InChI is InChI=1S/C24H24N4O2S/c1-16(2)18-5-7-21-20(12-18)24(30)28-14-19(6-8-22(28)27-21)23(29)26-10-11-31-15-17-4-3-9-25-13-17/h3-9,12-14,16H,10-11,15H2,1-2H3,(H,26,29). The Hall–Kier alpha value is -3.19. The Morgan fingerprint density at radius 1 is 1.19 bits per heavy atom. The van der Waals surface area contributed by atoms with Gasteiger partial charge in [0.05, 0.1) is 16.5 Å². The van der Waals surface area contributed by atoms with Crippen LogP contribution in [0.3, 0.4) is 0 Å². The fourth-order valence-corrected chi connectivity index (χ4v) is 4.13. The second-order valence-corrected chi connectivity index (χ2v) is 8.77. The molecule has 31 heavy (non-hydrogen) atoms. The molecule has 6 nitrogen and oxygen atoms in total. The van der Waals surface area contributed by atoms with Crippen LogP contribution in [0, 0.1) is 0 Å². The quantitative estimate of drug-likeness (QED) is 0.352. The van der Waals surface area contributed by atoms with E-state index < -0.39 is 0 Å². The molecule has 0 fully saturated rings. The van der Waals surface area contributed by atoms with Crippen LogP contribution in [0.5, 0.6) is 0 Å². The van der Waals surface area contributed by atoms with Gasteiger partial charge < -0.3 is 5.32 Å². The second-order valence-electron chi connectivity index (χ2n) is 7.66. The lowest BCUT2D eigenvalue weighted by atomic mass is 10.0. The molecule has 1 N–H and O–H groups in total. The van der Waals surface area contributed by atoms with Crippen LogP contribution >= 0.6 is 11.8 Å². The van der Waals surface area contributed by atoms with Crippen molar-refractivity contribution >= 4 is 34.2 Å². The zero-order valence-corrected chi connectivity index (χ0v) is 18.4. The number of thioether (sulfide) groups is 1. The number of fused-ring (bicyclic) bond motifs is 2. The number of nitrogens with one attached hydrogen (secondary N) is 1. The zero-order chi connectivity index (χ0) is 21.8. The first kappa shape index (κ1) is 21.1. The number of rotatable bonds is 7. The minimum atomic E-state index is -0.202. The second kappa shape index (κ2) is 9.31. The predicted octanol–water partition coefficient (Wildman–Crippen LogP) is 4.03. The van der Waals surface area contributed by atoms with Gasteiger partial charge in [-0.3, -0.25) is 19.0 Å². The summed E-state index contributed by atoms with van der Waals surface area (Å²) in [7, 11) is 0. The van der Waals surface area contributed by atoms with Gasteiger partial charge in [-0.05, 0) is 47.4 Å². The fraction of sp³-hybridized carbons (Fsp3) is 0.250. The highest BCUT2D eigenvalue weighted by molar-refractivity contribution is 7.98. The van der Waals surface area contributed by atoms with E-state index in [1.54, 1.807) is 36.3 Å². The van der Waals surface area contributed by atoms with E-state index in [1.165, 1.54) is 4.40 Å². The van der Waals surface area contributed by atoms with Gasteiger partial charge in [-0.2, -0.15) is 11.8 Å². The Kier molecular flexibility index (Phi) is 6.32. The molecule has 3 aromatic heterocycles. The molecule has 0 unspecified atom stereocenters. The van der Waals surface area contributed by atoms with Gasteiger partial charge in [0, 0.05) is 36.6 Å². The van der Waals surface area contributed by atoms with Crippen LogP contribution in [0.15, 0.2) is 65.8 Å². The molecular weight excluding hydrogens is 408 g/mol. The SMILES string of the molecule is CC(C)c1ccc2nc3ccc(C(=O)NCCSCc4cccnc4)cn3c(=O)c2c1. The highest BCUT2D eigenvalue weighted by Gasteiger charge is 2.11. The van der Waals surface area contributed by atoms with E-state index in [-0.39, 0.29) is 11.5 Å². The van der Waals surface area contributed by atoms with Crippen molar-refractivity contribution in [3.05, 3.63) is 88.1 Å². The number of hydrogen-bond acceptors (Lipinski definition) is 5. The lowest BCUT2D eigenvalue weighted by Crippen LogP contribution is -2.27. The first-order chi connectivity index (χ1) is 15.0. The average Bonchev–Trinajstić information content (AvgIpc) is 2.79. The summed E-state index contributed by atoms with van der Waals surface area (Å²) in [4.78, 5) is 34.3. The summed E-state index contributed by atoms with van der Waals surface area (Å²) in [6, 6.07) is 13.2. The monoisotopic (exact) mass is 432 g/mol. The molecular formula is C24H24N4O2S. The van der Waals surface area contributed by atoms with Crippen LogP contribution in [0.2, 0.25) is 0 Å². The van der Waals surface area contributed by atoms with Gasteiger partial charge in [-0.15, -0.1) is 0 Å². The van der Waals surface area contributed by atoms with Gasteiger partial charge in [-0.25, -0.2) is 4.98 Å². The summed E-state index contributed by atoms with van der Waals surface area (Å²) in [6.45, 7) is 4.72. The maximum atomic E-state index is 13.1. The van der Waals surface area contributed by atoms with E-state index in [0.717, 1.165) is 22.6 Å². The summed E-state index contributed by atoms with van der Waals surface area (Å²) in [5, 5.41) is 3.48. The van der Waals surface area contributed by atoms with E-state index >= 15 is 0 Å². The number of nitrogens with zero attached hydrogens (tertiary/aromatic N) is 3. The topological polar surface area (TPSA) is 76.4 Å². The summed E-state index contributed by atoms with van der Waals surface area (Å²) in [5.74, 6) is 1.76. The molecule has 7 heteroatoms. The maximum absolute atomic E-state index is 13.1. The van der Waals surface area contributed by atoms with E-state index in [9.17, 15) is 9.59 Å². The van der Waals surface area contributed by atoms with Gasteiger partial charge in [-0.1, -0.05) is 26.0 Å². The Labute approximate surface area is 184 Å². The fourth-order valence-electron chi connectivity index (χ4n) is 3.33. The Bertz CT molecular complexity index is 1290. The third-order valence-electron chi connectivity index (χ3n) is 5.08. The smallest absolute Gasteiger partial charge is 0.265 e. The van der Waals surface area contributed by atoms with Crippen LogP contribution in [0.4, 0.5) is 0 Å². The number of carbonyl (C=O) groups is 1. The van der Waals surface area contributed by atoms with E-state index in [2.05, 4.69) is 29.1 Å². The van der Waals surface area contributed by atoms with E-state index in [4.69, 9.17) is 0 Å². The zero-order valence-electron chi connectivity index (χ0n) is 17.5. The van der Waals surface area contributed by atoms with Crippen LogP contribution < -0.4 is 10.9 Å². The number of amides is 1. The van der Waals surface area contributed by atoms with Gasteiger partial charge in [0.25, 0.3) is 11.5 Å². The Balaban J connectivity index is 1.47. The lowest BCUT2D eigenvalue weighted by Gasteiger charge is -2.09.